The number of carbonyl (C=O) groups is 2. The third-order valence-electron chi connectivity index (χ3n) is 8.47. The van der Waals surface area contributed by atoms with Crippen LogP contribution in [0.1, 0.15) is 85.3 Å². The van der Waals surface area contributed by atoms with Gasteiger partial charge in [-0.2, -0.15) is 0 Å². The molecule has 1 saturated heterocycles. The molecule has 3 atom stereocenters. The van der Waals surface area contributed by atoms with Crippen molar-refractivity contribution in [1.29, 1.82) is 0 Å². The Morgan fingerprint density at radius 3 is 2.46 bits per heavy atom. The molecule has 6 heteroatoms. The van der Waals surface area contributed by atoms with Crippen molar-refractivity contribution in [3.05, 3.63) is 70.8 Å². The molecule has 37 heavy (non-hydrogen) atoms. The second-order valence-corrected chi connectivity index (χ2v) is 11.9. The van der Waals surface area contributed by atoms with Gasteiger partial charge in [-0.1, -0.05) is 81.4 Å². The van der Waals surface area contributed by atoms with Crippen LogP contribution in [0.4, 0.5) is 0 Å². The molecule has 0 spiro atoms. The lowest BCUT2D eigenvalue weighted by Crippen LogP contribution is -2.54. The molecule has 5 rings (SSSR count). The van der Waals surface area contributed by atoms with Gasteiger partial charge in [0.1, 0.15) is 6.04 Å². The largest absolute Gasteiger partial charge is 0.391 e. The SMILES string of the molecule is CC(C)[C@@H](C(=O)N1C[C@H](O)C[C@H]1C(=S)CCc1ccc(C2CCCC2)cc1)N1Cc2ccccc2C1=O. The number of benzene rings is 2. The number of thiocarbonyl (C=S) groups is 1. The van der Waals surface area contributed by atoms with Gasteiger partial charge in [-0.15, -0.1) is 0 Å². The lowest BCUT2D eigenvalue weighted by Gasteiger charge is -2.35. The molecule has 0 aromatic heterocycles. The Morgan fingerprint density at radius 1 is 1.08 bits per heavy atom. The molecule has 2 fully saturated rings. The van der Waals surface area contributed by atoms with E-state index in [0.29, 0.717) is 30.9 Å². The molecule has 2 amide bonds. The van der Waals surface area contributed by atoms with E-state index in [4.69, 9.17) is 12.2 Å². The number of carbonyl (C=O) groups excluding carboxylic acids is 2. The van der Waals surface area contributed by atoms with Crippen molar-refractivity contribution in [2.75, 3.05) is 6.54 Å². The van der Waals surface area contributed by atoms with Gasteiger partial charge in [-0.3, -0.25) is 9.59 Å². The van der Waals surface area contributed by atoms with Crippen LogP contribution in [-0.2, 0) is 17.8 Å². The molecule has 0 unspecified atom stereocenters. The first-order valence-corrected chi connectivity index (χ1v) is 14.2. The van der Waals surface area contributed by atoms with E-state index in [2.05, 4.69) is 24.3 Å². The normalized spacial score (nSPS) is 22.6. The van der Waals surface area contributed by atoms with E-state index in [9.17, 15) is 14.7 Å². The second-order valence-electron chi connectivity index (χ2n) is 11.4. The fourth-order valence-corrected chi connectivity index (χ4v) is 6.79. The van der Waals surface area contributed by atoms with Gasteiger partial charge >= 0.3 is 0 Å². The fourth-order valence-electron chi connectivity index (χ4n) is 6.46. The van der Waals surface area contributed by atoms with Gasteiger partial charge in [0.15, 0.2) is 0 Å². The molecule has 5 nitrogen and oxygen atoms in total. The summed E-state index contributed by atoms with van der Waals surface area (Å²) >= 11 is 5.86. The number of aryl methyl sites for hydroxylation is 1. The molecule has 0 radical (unpaired) electrons. The number of β-amino-alcohol motifs (C(OH)–C–C–N with tert-alkyl or cyclic N) is 1. The van der Waals surface area contributed by atoms with Crippen molar-refractivity contribution >= 4 is 28.9 Å². The summed E-state index contributed by atoms with van der Waals surface area (Å²) in [7, 11) is 0. The first-order valence-electron chi connectivity index (χ1n) is 13.8. The average Bonchev–Trinajstić information content (AvgIpc) is 3.63. The molecular formula is C31H38N2O3S. The van der Waals surface area contributed by atoms with Crippen LogP contribution >= 0.6 is 12.2 Å². The zero-order valence-electron chi connectivity index (χ0n) is 21.9. The Labute approximate surface area is 225 Å². The average molecular weight is 519 g/mol. The molecule has 196 valence electrons. The molecule has 2 aromatic carbocycles. The van der Waals surface area contributed by atoms with Crippen LogP contribution in [0, 0.1) is 5.92 Å². The quantitative estimate of drug-likeness (QED) is 0.483. The number of rotatable bonds is 8. The molecule has 3 aliphatic rings. The smallest absolute Gasteiger partial charge is 0.255 e. The Kier molecular flexibility index (Phi) is 7.77. The van der Waals surface area contributed by atoms with E-state index >= 15 is 0 Å². The zero-order valence-corrected chi connectivity index (χ0v) is 22.8. The topological polar surface area (TPSA) is 60.9 Å². The third kappa shape index (κ3) is 5.37. The first-order chi connectivity index (χ1) is 17.8. The lowest BCUT2D eigenvalue weighted by atomic mass is 9.95. The summed E-state index contributed by atoms with van der Waals surface area (Å²) in [5.74, 6) is 0.443. The van der Waals surface area contributed by atoms with Crippen LogP contribution in [0.5, 0.6) is 0 Å². The molecular weight excluding hydrogens is 480 g/mol. The standard InChI is InChI=1S/C31H38N2O3S/c1-20(2)29(33-18-24-9-5-6-10-26(24)30(33)35)31(36)32-19-25(34)17-27(32)28(37)16-13-21-11-14-23(15-12-21)22-7-3-4-8-22/h5-6,9-12,14-15,20,22,25,27,29,34H,3-4,7-8,13,16-19H2,1-2H3/t25-,27+,29+/m1/s1. The van der Waals surface area contributed by atoms with E-state index in [-0.39, 0.29) is 30.3 Å². The maximum absolute atomic E-state index is 13.9. The molecule has 1 saturated carbocycles. The molecule has 2 aliphatic heterocycles. The Bertz CT molecular complexity index is 1160. The van der Waals surface area contributed by atoms with Crippen molar-refractivity contribution < 1.29 is 14.7 Å². The van der Waals surface area contributed by atoms with Gasteiger partial charge in [0.25, 0.3) is 5.91 Å². The van der Waals surface area contributed by atoms with Gasteiger partial charge in [0, 0.05) is 29.9 Å². The van der Waals surface area contributed by atoms with Crippen LogP contribution in [0.15, 0.2) is 48.5 Å². The van der Waals surface area contributed by atoms with E-state index in [1.807, 2.05) is 38.1 Å². The minimum absolute atomic E-state index is 0.0592. The van der Waals surface area contributed by atoms with Gasteiger partial charge in [0.2, 0.25) is 5.91 Å². The number of hydrogen-bond donors (Lipinski definition) is 1. The minimum Gasteiger partial charge on any atom is -0.391 e. The van der Waals surface area contributed by atoms with Gasteiger partial charge < -0.3 is 14.9 Å². The molecule has 2 aromatic rings. The molecule has 1 aliphatic carbocycles. The van der Waals surface area contributed by atoms with Crippen molar-refractivity contribution in [1.82, 2.24) is 9.80 Å². The number of nitrogens with zero attached hydrogens (tertiary/aromatic N) is 2. The van der Waals surface area contributed by atoms with E-state index < -0.39 is 12.1 Å². The third-order valence-corrected chi connectivity index (χ3v) is 8.95. The van der Waals surface area contributed by atoms with Gasteiger partial charge in [0.05, 0.1) is 12.1 Å². The number of amides is 2. The highest BCUT2D eigenvalue weighted by molar-refractivity contribution is 7.80. The zero-order chi connectivity index (χ0) is 26.1. The number of fused-ring (bicyclic) bond motifs is 1. The summed E-state index contributed by atoms with van der Waals surface area (Å²) in [6.07, 6.45) is 6.64. The molecule has 2 heterocycles. The monoisotopic (exact) mass is 518 g/mol. The Balaban J connectivity index is 1.26. The predicted molar refractivity (Wildman–Crippen MR) is 150 cm³/mol. The van der Waals surface area contributed by atoms with Gasteiger partial charge in [-0.05, 0) is 60.3 Å². The van der Waals surface area contributed by atoms with Crippen LogP contribution in [0.3, 0.4) is 0 Å². The van der Waals surface area contributed by atoms with E-state index in [1.165, 1.54) is 36.8 Å². The predicted octanol–water partition coefficient (Wildman–Crippen LogP) is 5.29. The summed E-state index contributed by atoms with van der Waals surface area (Å²) in [4.78, 5) is 31.4. The fraction of sp³-hybridized carbons (Fsp3) is 0.516. The summed E-state index contributed by atoms with van der Waals surface area (Å²) in [6.45, 7) is 4.66. The van der Waals surface area contributed by atoms with Crippen molar-refractivity contribution in [3.8, 4) is 0 Å². The second kappa shape index (κ2) is 11.0. The minimum atomic E-state index is -0.600. The highest BCUT2D eigenvalue weighted by atomic mass is 32.1. The number of aliphatic hydroxyl groups excluding tert-OH is 1. The highest BCUT2D eigenvalue weighted by Crippen LogP contribution is 2.34. The van der Waals surface area contributed by atoms with Crippen molar-refractivity contribution in [2.45, 2.75) is 89.4 Å². The van der Waals surface area contributed by atoms with Crippen molar-refractivity contribution in [2.24, 2.45) is 5.92 Å². The van der Waals surface area contributed by atoms with Crippen LogP contribution in [-0.4, -0.2) is 56.3 Å². The van der Waals surface area contributed by atoms with E-state index in [1.54, 1.807) is 9.80 Å². The van der Waals surface area contributed by atoms with Crippen LogP contribution in [0.2, 0.25) is 0 Å². The van der Waals surface area contributed by atoms with Crippen LogP contribution < -0.4 is 0 Å². The van der Waals surface area contributed by atoms with E-state index in [0.717, 1.165) is 16.8 Å². The maximum Gasteiger partial charge on any atom is 0.255 e. The maximum atomic E-state index is 13.9. The Morgan fingerprint density at radius 2 is 1.78 bits per heavy atom. The number of aliphatic hydroxyl groups is 1. The lowest BCUT2D eigenvalue weighted by molar-refractivity contribution is -0.138. The summed E-state index contributed by atoms with van der Waals surface area (Å²) in [6, 6.07) is 15.7. The number of hydrogen-bond acceptors (Lipinski definition) is 4. The molecule has 1 N–H and O–H groups in total. The summed E-state index contributed by atoms with van der Waals surface area (Å²) in [5.41, 5.74) is 4.32. The Hall–Kier alpha value is -2.57. The molecule has 0 bridgehead atoms. The first kappa shape index (κ1) is 26.1. The van der Waals surface area contributed by atoms with Gasteiger partial charge in [-0.25, -0.2) is 0 Å². The highest BCUT2D eigenvalue weighted by Gasteiger charge is 2.44. The summed E-state index contributed by atoms with van der Waals surface area (Å²) < 4.78 is 0. The van der Waals surface area contributed by atoms with Crippen molar-refractivity contribution in [3.63, 3.8) is 0 Å². The number of likely N-dealkylation sites (tertiary alicyclic amines) is 1. The summed E-state index contributed by atoms with van der Waals surface area (Å²) in [5, 5.41) is 10.5. The van der Waals surface area contributed by atoms with Crippen LogP contribution in [0.25, 0.3) is 0 Å².